The molecular formula is C18H16FN7O. The van der Waals surface area contributed by atoms with Crippen LogP contribution in [0.3, 0.4) is 0 Å². The first-order chi connectivity index (χ1) is 13.0. The number of anilines is 2. The molecule has 4 heterocycles. The second kappa shape index (κ2) is 5.58. The maximum Gasteiger partial charge on any atom is 0.165 e. The van der Waals surface area contributed by atoms with E-state index in [-0.39, 0.29) is 5.82 Å². The minimum absolute atomic E-state index is 0.321. The van der Waals surface area contributed by atoms with Crippen LogP contribution >= 0.6 is 0 Å². The highest BCUT2D eigenvalue weighted by atomic mass is 19.1. The van der Waals surface area contributed by atoms with Crippen molar-refractivity contribution in [1.29, 1.82) is 0 Å². The Morgan fingerprint density at radius 1 is 1.22 bits per heavy atom. The molecule has 0 aliphatic carbocycles. The van der Waals surface area contributed by atoms with Gasteiger partial charge in [-0.3, -0.25) is 10.2 Å². The number of hydrogen-bond acceptors (Lipinski definition) is 6. The molecule has 136 valence electrons. The largest absolute Gasteiger partial charge is 0.364 e. The second-order valence-corrected chi connectivity index (χ2v) is 6.90. The number of halogens is 1. The number of aromatic nitrogens is 6. The van der Waals surface area contributed by atoms with Gasteiger partial charge in [0.1, 0.15) is 17.2 Å². The van der Waals surface area contributed by atoms with Crippen molar-refractivity contribution in [2.24, 2.45) is 0 Å². The Hall–Kier alpha value is -3.33. The molecular weight excluding hydrogens is 349 g/mol. The molecule has 3 N–H and O–H groups in total. The number of aromatic amines is 2. The molecule has 0 atom stereocenters. The van der Waals surface area contributed by atoms with Crippen molar-refractivity contribution >= 4 is 22.5 Å². The molecule has 9 heteroatoms. The SMILES string of the molecule is CC1(C)OCc2c(Nc3n[nH]c4cc(F)ccc34)nc(-c3cn[nH]c3)nc21. The number of rotatable bonds is 3. The molecule has 0 saturated carbocycles. The van der Waals surface area contributed by atoms with Gasteiger partial charge in [0.25, 0.3) is 0 Å². The van der Waals surface area contributed by atoms with E-state index in [2.05, 4.69) is 30.7 Å². The Balaban J connectivity index is 1.65. The van der Waals surface area contributed by atoms with E-state index < -0.39 is 5.60 Å². The molecule has 1 aliphatic rings. The predicted molar refractivity (Wildman–Crippen MR) is 96.8 cm³/mol. The average Bonchev–Trinajstić information content (AvgIpc) is 3.35. The van der Waals surface area contributed by atoms with Crippen molar-refractivity contribution < 1.29 is 9.13 Å². The van der Waals surface area contributed by atoms with Crippen molar-refractivity contribution in [3.8, 4) is 11.4 Å². The standard InChI is InChI=1S/C18H16FN7O/c1-18(2)14-12(8-27-18)16(23-15(22-14)9-6-20-21-7-9)24-17-11-4-3-10(19)5-13(11)25-26-17/h3-7H,8H2,1-2H3,(H,20,21)(H2,22,23,24,25,26). The highest BCUT2D eigenvalue weighted by molar-refractivity contribution is 5.91. The third-order valence-corrected chi connectivity index (χ3v) is 4.67. The van der Waals surface area contributed by atoms with Gasteiger partial charge in [0.2, 0.25) is 0 Å². The Bertz CT molecular complexity index is 1150. The fraction of sp³-hybridized carbons (Fsp3) is 0.222. The monoisotopic (exact) mass is 365 g/mol. The number of nitrogens with zero attached hydrogens (tertiary/aromatic N) is 4. The smallest absolute Gasteiger partial charge is 0.165 e. The van der Waals surface area contributed by atoms with Crippen molar-refractivity contribution in [2.75, 3.05) is 5.32 Å². The Morgan fingerprint density at radius 3 is 2.93 bits per heavy atom. The normalized spacial score (nSPS) is 15.2. The minimum Gasteiger partial charge on any atom is -0.364 e. The molecule has 4 aromatic rings. The van der Waals surface area contributed by atoms with Crippen LogP contribution in [0.4, 0.5) is 16.0 Å². The van der Waals surface area contributed by atoms with Crippen molar-refractivity contribution in [1.82, 2.24) is 30.4 Å². The van der Waals surface area contributed by atoms with Crippen LogP contribution in [0.5, 0.6) is 0 Å². The summed E-state index contributed by atoms with van der Waals surface area (Å²) in [5, 5.41) is 17.9. The molecule has 0 radical (unpaired) electrons. The third-order valence-electron chi connectivity index (χ3n) is 4.67. The van der Waals surface area contributed by atoms with Crippen LogP contribution in [0.25, 0.3) is 22.3 Å². The van der Waals surface area contributed by atoms with Gasteiger partial charge < -0.3 is 10.1 Å². The fourth-order valence-corrected chi connectivity index (χ4v) is 3.24. The lowest BCUT2D eigenvalue weighted by Crippen LogP contribution is -2.17. The van der Waals surface area contributed by atoms with Crippen LogP contribution in [-0.2, 0) is 16.9 Å². The van der Waals surface area contributed by atoms with Crippen LogP contribution < -0.4 is 5.32 Å². The summed E-state index contributed by atoms with van der Waals surface area (Å²) in [6.07, 6.45) is 3.40. The topological polar surface area (TPSA) is 104 Å². The van der Waals surface area contributed by atoms with Crippen LogP contribution in [0.1, 0.15) is 25.1 Å². The summed E-state index contributed by atoms with van der Waals surface area (Å²) >= 11 is 0. The minimum atomic E-state index is -0.524. The highest BCUT2D eigenvalue weighted by Crippen LogP contribution is 2.39. The molecule has 5 rings (SSSR count). The van der Waals surface area contributed by atoms with E-state index in [4.69, 9.17) is 9.72 Å². The first-order valence-corrected chi connectivity index (χ1v) is 8.46. The summed E-state index contributed by atoms with van der Waals surface area (Å²) in [6, 6.07) is 4.48. The molecule has 0 fully saturated rings. The van der Waals surface area contributed by atoms with E-state index >= 15 is 0 Å². The molecule has 0 saturated heterocycles. The quantitative estimate of drug-likeness (QED) is 0.514. The van der Waals surface area contributed by atoms with Gasteiger partial charge in [-0.2, -0.15) is 10.2 Å². The maximum absolute atomic E-state index is 13.4. The van der Waals surface area contributed by atoms with E-state index in [1.165, 1.54) is 12.1 Å². The summed E-state index contributed by atoms with van der Waals surface area (Å²) in [7, 11) is 0. The van der Waals surface area contributed by atoms with Crippen molar-refractivity contribution in [3.63, 3.8) is 0 Å². The van der Waals surface area contributed by atoms with Gasteiger partial charge in [0.15, 0.2) is 11.6 Å². The van der Waals surface area contributed by atoms with E-state index in [1.54, 1.807) is 18.5 Å². The van der Waals surface area contributed by atoms with Crippen LogP contribution in [0.2, 0.25) is 0 Å². The molecule has 3 aromatic heterocycles. The number of nitrogens with one attached hydrogen (secondary N) is 3. The van der Waals surface area contributed by atoms with Crippen LogP contribution in [0, 0.1) is 5.82 Å². The zero-order valence-electron chi connectivity index (χ0n) is 14.7. The van der Waals surface area contributed by atoms with E-state index in [0.717, 1.165) is 22.2 Å². The molecule has 0 spiro atoms. The predicted octanol–water partition coefficient (Wildman–Crippen LogP) is 3.39. The van der Waals surface area contributed by atoms with Gasteiger partial charge in [0.05, 0.1) is 29.6 Å². The highest BCUT2D eigenvalue weighted by Gasteiger charge is 2.36. The Morgan fingerprint density at radius 2 is 2.11 bits per heavy atom. The molecule has 1 aliphatic heterocycles. The summed E-state index contributed by atoms with van der Waals surface area (Å²) in [4.78, 5) is 9.36. The maximum atomic E-state index is 13.4. The molecule has 27 heavy (non-hydrogen) atoms. The van der Waals surface area contributed by atoms with Crippen LogP contribution in [0.15, 0.2) is 30.6 Å². The zero-order valence-corrected chi connectivity index (χ0v) is 14.7. The number of benzene rings is 1. The number of fused-ring (bicyclic) bond motifs is 2. The van der Waals surface area contributed by atoms with Crippen LogP contribution in [-0.4, -0.2) is 30.4 Å². The third kappa shape index (κ3) is 2.55. The summed E-state index contributed by atoms with van der Waals surface area (Å²) in [6.45, 7) is 4.34. The first-order valence-electron chi connectivity index (χ1n) is 8.46. The fourth-order valence-electron chi connectivity index (χ4n) is 3.24. The molecule has 0 bridgehead atoms. The van der Waals surface area contributed by atoms with Gasteiger partial charge in [-0.15, -0.1) is 0 Å². The van der Waals surface area contributed by atoms with Crippen molar-refractivity contribution in [3.05, 3.63) is 47.7 Å². The Labute approximate surface area is 153 Å². The van der Waals surface area contributed by atoms with Gasteiger partial charge in [-0.25, -0.2) is 14.4 Å². The van der Waals surface area contributed by atoms with Gasteiger partial charge >= 0.3 is 0 Å². The lowest BCUT2D eigenvalue weighted by Gasteiger charge is -2.18. The first kappa shape index (κ1) is 15.9. The average molecular weight is 365 g/mol. The lowest BCUT2D eigenvalue weighted by atomic mass is 10.0. The molecule has 8 nitrogen and oxygen atoms in total. The van der Waals surface area contributed by atoms with Crippen molar-refractivity contribution in [2.45, 2.75) is 26.1 Å². The van der Waals surface area contributed by atoms with Gasteiger partial charge in [-0.05, 0) is 32.0 Å². The number of ether oxygens (including phenoxy) is 1. The molecule has 1 aromatic carbocycles. The lowest BCUT2D eigenvalue weighted by molar-refractivity contribution is -0.00995. The summed E-state index contributed by atoms with van der Waals surface area (Å²) in [5.74, 6) is 1.39. The van der Waals surface area contributed by atoms with Gasteiger partial charge in [-0.1, -0.05) is 0 Å². The summed E-state index contributed by atoms with van der Waals surface area (Å²) < 4.78 is 19.3. The van der Waals surface area contributed by atoms with Gasteiger partial charge in [0, 0.05) is 17.1 Å². The van der Waals surface area contributed by atoms with E-state index in [0.29, 0.717) is 29.6 Å². The number of H-pyrrole nitrogens is 2. The van der Waals surface area contributed by atoms with E-state index in [9.17, 15) is 4.39 Å². The van der Waals surface area contributed by atoms with E-state index in [1.807, 2.05) is 13.8 Å². The summed E-state index contributed by atoms with van der Waals surface area (Å²) in [5.41, 5.74) is 2.56. The second-order valence-electron chi connectivity index (χ2n) is 6.90. The zero-order chi connectivity index (χ0) is 18.6. The Kier molecular flexibility index (Phi) is 3.28. The molecule has 0 unspecified atom stereocenters. The number of hydrogen-bond donors (Lipinski definition) is 3. The molecule has 0 amide bonds.